The highest BCUT2D eigenvalue weighted by Gasteiger charge is 2.19. The predicted molar refractivity (Wildman–Crippen MR) is 126 cm³/mol. The van der Waals surface area contributed by atoms with Gasteiger partial charge in [-0.05, 0) is 12.1 Å². The number of nitrogens with one attached hydrogen (secondary N) is 2. The summed E-state index contributed by atoms with van der Waals surface area (Å²) in [6.07, 6.45) is 2.58. The maximum Gasteiger partial charge on any atom is 0.260 e. The van der Waals surface area contributed by atoms with E-state index >= 15 is 0 Å². The summed E-state index contributed by atoms with van der Waals surface area (Å²) in [6, 6.07) is 7.93. The van der Waals surface area contributed by atoms with E-state index in [1.807, 2.05) is 0 Å². The Morgan fingerprint density at radius 3 is 2.69 bits per heavy atom. The molecule has 35 heavy (non-hydrogen) atoms. The van der Waals surface area contributed by atoms with Gasteiger partial charge in [0.05, 0.1) is 18.0 Å². The summed E-state index contributed by atoms with van der Waals surface area (Å²) in [7, 11) is -2.10. The Bertz CT molecular complexity index is 1360. The fourth-order valence-electron chi connectivity index (χ4n) is 3.15. The third-order valence-corrected chi connectivity index (χ3v) is 5.66. The third kappa shape index (κ3) is 5.94. The van der Waals surface area contributed by atoms with Gasteiger partial charge in [-0.3, -0.25) is 4.79 Å². The monoisotopic (exact) mass is 501 g/mol. The van der Waals surface area contributed by atoms with Crippen LogP contribution in [0.5, 0.6) is 17.4 Å². The van der Waals surface area contributed by atoms with E-state index in [1.165, 1.54) is 26.3 Å². The molecule has 0 unspecified atom stereocenters. The first-order valence-electron chi connectivity index (χ1n) is 10.4. The number of pyridine rings is 3. The number of ether oxygens (including phenoxy) is 4. The molecule has 0 saturated heterocycles. The topological polar surface area (TPSA) is 151 Å². The standard InChI is InChI=1S/C22H23N5O7S/c1-13(28)24-19-10-17(15(11-23-19)16-4-5-18-22(26-16)34-12-33-18)25-20-8-14(32-7-6-31-2)9-21(27-20)35(3,29)30/h4-5,8-11H,6-7,12H2,1-3H3,(H2,23,24,25,27,28). The number of rotatable bonds is 9. The van der Waals surface area contributed by atoms with Crippen molar-refractivity contribution in [2.24, 2.45) is 0 Å². The Hall–Kier alpha value is -3.97. The van der Waals surface area contributed by atoms with Crippen LogP contribution in [0.15, 0.2) is 41.6 Å². The minimum Gasteiger partial charge on any atom is -0.491 e. The van der Waals surface area contributed by atoms with Crippen molar-refractivity contribution in [3.63, 3.8) is 0 Å². The van der Waals surface area contributed by atoms with Crippen molar-refractivity contribution in [3.05, 3.63) is 36.5 Å². The quantitative estimate of drug-likeness (QED) is 0.416. The van der Waals surface area contributed by atoms with Gasteiger partial charge in [-0.15, -0.1) is 0 Å². The summed E-state index contributed by atoms with van der Waals surface area (Å²) >= 11 is 0. The van der Waals surface area contributed by atoms with Gasteiger partial charge in [0.25, 0.3) is 5.88 Å². The normalized spacial score (nSPS) is 12.3. The summed E-state index contributed by atoms with van der Waals surface area (Å²) in [5.74, 6) is 1.32. The van der Waals surface area contributed by atoms with E-state index in [0.29, 0.717) is 40.9 Å². The second kappa shape index (κ2) is 10.1. The Morgan fingerprint density at radius 2 is 1.94 bits per heavy atom. The average Bonchev–Trinajstić information content (AvgIpc) is 3.26. The highest BCUT2D eigenvalue weighted by molar-refractivity contribution is 7.90. The molecule has 3 aromatic heterocycles. The van der Waals surface area contributed by atoms with Crippen LogP contribution >= 0.6 is 0 Å². The highest BCUT2D eigenvalue weighted by Crippen LogP contribution is 2.36. The number of carbonyl (C=O) groups is 1. The van der Waals surface area contributed by atoms with Crippen LogP contribution in [-0.2, 0) is 19.4 Å². The third-order valence-electron chi connectivity index (χ3n) is 4.69. The zero-order valence-corrected chi connectivity index (χ0v) is 20.0. The molecule has 0 fully saturated rings. The number of fused-ring (bicyclic) bond motifs is 1. The van der Waals surface area contributed by atoms with Crippen LogP contribution < -0.4 is 24.8 Å². The molecule has 12 nitrogen and oxygen atoms in total. The summed E-state index contributed by atoms with van der Waals surface area (Å²) in [4.78, 5) is 24.5. The number of aromatic nitrogens is 3. The van der Waals surface area contributed by atoms with Crippen molar-refractivity contribution in [1.29, 1.82) is 0 Å². The molecule has 1 aliphatic rings. The number of methoxy groups -OCH3 is 1. The first-order chi connectivity index (χ1) is 16.7. The van der Waals surface area contributed by atoms with Crippen LogP contribution in [0.4, 0.5) is 17.3 Å². The van der Waals surface area contributed by atoms with Gasteiger partial charge < -0.3 is 29.6 Å². The number of anilines is 3. The zero-order valence-electron chi connectivity index (χ0n) is 19.2. The fraction of sp³-hybridized carbons (Fsp3) is 0.273. The van der Waals surface area contributed by atoms with E-state index in [9.17, 15) is 13.2 Å². The van der Waals surface area contributed by atoms with E-state index in [0.717, 1.165) is 6.26 Å². The van der Waals surface area contributed by atoms with Crippen molar-refractivity contribution < 1.29 is 32.2 Å². The summed E-state index contributed by atoms with van der Waals surface area (Å²) in [5.41, 5.74) is 1.51. The number of hydrogen-bond donors (Lipinski definition) is 2. The number of nitrogens with zero attached hydrogens (tertiary/aromatic N) is 3. The minimum absolute atomic E-state index is 0.0741. The SMILES string of the molecule is COCCOc1cc(Nc2cc(NC(C)=O)ncc2-c2ccc3c(n2)OCO3)nc(S(C)(=O)=O)c1. The molecule has 0 radical (unpaired) electrons. The van der Waals surface area contributed by atoms with Crippen LogP contribution in [0.3, 0.4) is 0 Å². The Labute approximate surface area is 201 Å². The number of amides is 1. The summed E-state index contributed by atoms with van der Waals surface area (Å²) < 4.78 is 45.8. The van der Waals surface area contributed by atoms with Crippen LogP contribution in [0.25, 0.3) is 11.3 Å². The molecule has 4 heterocycles. The molecule has 0 aliphatic carbocycles. The molecule has 0 saturated carbocycles. The van der Waals surface area contributed by atoms with Gasteiger partial charge in [0.1, 0.15) is 24.0 Å². The first kappa shape index (κ1) is 24.2. The summed E-state index contributed by atoms with van der Waals surface area (Å²) in [5, 5.41) is 5.56. The lowest BCUT2D eigenvalue weighted by atomic mass is 10.1. The fourth-order valence-corrected chi connectivity index (χ4v) is 3.75. The molecule has 1 aliphatic heterocycles. The van der Waals surface area contributed by atoms with Crippen LogP contribution in [-0.4, -0.2) is 62.6 Å². The molecular weight excluding hydrogens is 478 g/mol. The summed E-state index contributed by atoms with van der Waals surface area (Å²) in [6.45, 7) is 1.98. The maximum atomic E-state index is 12.2. The lowest BCUT2D eigenvalue weighted by molar-refractivity contribution is -0.114. The minimum atomic E-state index is -3.64. The first-order valence-corrected chi connectivity index (χ1v) is 12.3. The largest absolute Gasteiger partial charge is 0.491 e. The average molecular weight is 502 g/mol. The predicted octanol–water partition coefficient (Wildman–Crippen LogP) is 2.40. The lowest BCUT2D eigenvalue weighted by Gasteiger charge is -2.15. The Balaban J connectivity index is 1.76. The van der Waals surface area contributed by atoms with Crippen LogP contribution in [0.2, 0.25) is 0 Å². The van der Waals surface area contributed by atoms with Crippen molar-refractivity contribution in [2.45, 2.75) is 11.9 Å². The van der Waals surface area contributed by atoms with Gasteiger partial charge in [0.15, 0.2) is 20.6 Å². The van der Waals surface area contributed by atoms with Crippen LogP contribution in [0.1, 0.15) is 6.92 Å². The van der Waals surface area contributed by atoms with Gasteiger partial charge in [0.2, 0.25) is 12.7 Å². The lowest BCUT2D eigenvalue weighted by Crippen LogP contribution is -2.10. The van der Waals surface area contributed by atoms with Crippen molar-refractivity contribution >= 4 is 33.1 Å². The highest BCUT2D eigenvalue weighted by atomic mass is 32.2. The van der Waals surface area contributed by atoms with Gasteiger partial charge in [0, 0.05) is 50.2 Å². The Morgan fingerprint density at radius 1 is 1.11 bits per heavy atom. The molecule has 0 aromatic carbocycles. The second-order valence-electron chi connectivity index (χ2n) is 7.47. The Kier molecular flexibility index (Phi) is 6.98. The van der Waals surface area contributed by atoms with Crippen molar-refractivity contribution in [2.75, 3.05) is 44.0 Å². The molecule has 1 amide bonds. The molecule has 13 heteroatoms. The van der Waals surface area contributed by atoms with E-state index in [1.54, 1.807) is 24.3 Å². The molecule has 4 rings (SSSR count). The zero-order chi connectivity index (χ0) is 25.0. The molecule has 184 valence electrons. The van der Waals surface area contributed by atoms with Crippen LogP contribution in [0, 0.1) is 0 Å². The second-order valence-corrected chi connectivity index (χ2v) is 9.43. The van der Waals surface area contributed by atoms with E-state index in [4.69, 9.17) is 18.9 Å². The molecular formula is C22H23N5O7S. The molecule has 0 bridgehead atoms. The van der Waals surface area contributed by atoms with E-state index < -0.39 is 9.84 Å². The van der Waals surface area contributed by atoms with E-state index in [-0.39, 0.29) is 36.0 Å². The molecule has 0 spiro atoms. The van der Waals surface area contributed by atoms with Gasteiger partial charge in [-0.2, -0.15) is 0 Å². The van der Waals surface area contributed by atoms with E-state index in [2.05, 4.69) is 25.6 Å². The molecule has 3 aromatic rings. The maximum absolute atomic E-state index is 12.2. The van der Waals surface area contributed by atoms with Gasteiger partial charge in [-0.25, -0.2) is 23.4 Å². The number of carbonyl (C=O) groups excluding carboxylic acids is 1. The molecule has 0 atom stereocenters. The smallest absolute Gasteiger partial charge is 0.260 e. The molecule has 2 N–H and O–H groups in total. The van der Waals surface area contributed by atoms with Crippen molar-refractivity contribution in [3.8, 4) is 28.6 Å². The number of sulfone groups is 1. The van der Waals surface area contributed by atoms with Gasteiger partial charge >= 0.3 is 0 Å². The van der Waals surface area contributed by atoms with Crippen molar-refractivity contribution in [1.82, 2.24) is 15.0 Å². The van der Waals surface area contributed by atoms with Gasteiger partial charge in [-0.1, -0.05) is 0 Å². The number of hydrogen-bond acceptors (Lipinski definition) is 11.